The lowest BCUT2D eigenvalue weighted by Crippen LogP contribution is -2.35. The van der Waals surface area contributed by atoms with Crippen LogP contribution in [0.4, 0.5) is 0 Å². The molecule has 0 aromatic heterocycles. The zero-order chi connectivity index (χ0) is 19.9. The molecule has 150 valence electrons. The third kappa shape index (κ3) is 4.97. The zero-order valence-electron chi connectivity index (χ0n) is 16.9. The Labute approximate surface area is 167 Å². The summed E-state index contributed by atoms with van der Waals surface area (Å²) in [7, 11) is 1.61. The lowest BCUT2D eigenvalue weighted by molar-refractivity contribution is -0.127. The maximum Gasteiger partial charge on any atom is 0.261 e. The van der Waals surface area contributed by atoms with Gasteiger partial charge in [0.1, 0.15) is 5.75 Å². The number of rotatable bonds is 8. The number of carbonyl (C=O) groups excluding carboxylic acids is 1. The van der Waals surface area contributed by atoms with Gasteiger partial charge in [0, 0.05) is 6.54 Å². The number of methoxy groups -OCH3 is 1. The third-order valence-corrected chi connectivity index (χ3v) is 5.00. The van der Waals surface area contributed by atoms with Crippen molar-refractivity contribution < 1.29 is 19.0 Å². The summed E-state index contributed by atoms with van der Waals surface area (Å²) >= 11 is 0. The number of aryl methyl sites for hydroxylation is 2. The van der Waals surface area contributed by atoms with Gasteiger partial charge in [0.15, 0.2) is 17.6 Å². The summed E-state index contributed by atoms with van der Waals surface area (Å²) < 4.78 is 16.7. The van der Waals surface area contributed by atoms with Crippen molar-refractivity contribution in [1.82, 2.24) is 5.32 Å². The summed E-state index contributed by atoms with van der Waals surface area (Å²) in [6.07, 6.45) is 4.14. The number of benzene rings is 2. The molecule has 0 saturated heterocycles. The molecule has 1 N–H and O–H groups in total. The molecule has 5 heteroatoms. The van der Waals surface area contributed by atoms with Crippen molar-refractivity contribution in [3.63, 3.8) is 0 Å². The summed E-state index contributed by atoms with van der Waals surface area (Å²) in [5.41, 5.74) is 3.69. The maximum atomic E-state index is 12.5. The molecule has 1 atom stereocenters. The molecule has 1 aliphatic rings. The molecule has 2 aromatic carbocycles. The fraction of sp³-hybridized carbons (Fsp3) is 0.435. The predicted octanol–water partition coefficient (Wildman–Crippen LogP) is 4.06. The molecule has 0 radical (unpaired) electrons. The Morgan fingerprint density at radius 3 is 2.61 bits per heavy atom. The molecule has 0 unspecified atom stereocenters. The van der Waals surface area contributed by atoms with Crippen molar-refractivity contribution in [2.24, 2.45) is 0 Å². The molecular formula is C23H29NO4. The highest BCUT2D eigenvalue weighted by molar-refractivity contribution is 5.80. The third-order valence-electron chi connectivity index (χ3n) is 5.00. The first kappa shape index (κ1) is 20.1. The van der Waals surface area contributed by atoms with Crippen LogP contribution in [0.2, 0.25) is 0 Å². The van der Waals surface area contributed by atoms with Gasteiger partial charge >= 0.3 is 0 Å². The summed E-state index contributed by atoms with van der Waals surface area (Å²) in [5.74, 6) is 1.97. The second-order valence-corrected chi connectivity index (χ2v) is 7.03. The molecular weight excluding hydrogens is 354 g/mol. The Balaban J connectivity index is 1.56. The van der Waals surface area contributed by atoms with Crippen molar-refractivity contribution in [3.05, 3.63) is 53.1 Å². The van der Waals surface area contributed by atoms with E-state index in [0.717, 1.165) is 24.2 Å². The normalized spacial score (nSPS) is 14.0. The second kappa shape index (κ2) is 9.49. The Bertz CT molecular complexity index is 818. The standard InChI is InChI=1S/C23H29NO4/c1-4-27-22-13-17(9-12-21(22)26-3)15-24-23(25)16(2)28-20-11-10-18-7-5-6-8-19(18)14-20/h9-14,16H,4-8,15H2,1-3H3,(H,24,25)/t16-/m0/s1. The van der Waals surface area contributed by atoms with E-state index in [1.807, 2.05) is 31.2 Å². The van der Waals surface area contributed by atoms with Gasteiger partial charge in [-0.1, -0.05) is 12.1 Å². The molecule has 1 aliphatic carbocycles. The van der Waals surface area contributed by atoms with Crippen LogP contribution in [0.15, 0.2) is 36.4 Å². The van der Waals surface area contributed by atoms with E-state index in [9.17, 15) is 4.79 Å². The predicted molar refractivity (Wildman–Crippen MR) is 109 cm³/mol. The Morgan fingerprint density at radius 2 is 1.86 bits per heavy atom. The van der Waals surface area contributed by atoms with Gasteiger partial charge in [0.25, 0.3) is 5.91 Å². The molecule has 1 amide bonds. The van der Waals surface area contributed by atoms with Gasteiger partial charge in [-0.15, -0.1) is 0 Å². The molecule has 5 nitrogen and oxygen atoms in total. The van der Waals surface area contributed by atoms with E-state index in [4.69, 9.17) is 14.2 Å². The Morgan fingerprint density at radius 1 is 1.07 bits per heavy atom. The molecule has 2 aromatic rings. The average Bonchev–Trinajstić information content (AvgIpc) is 2.72. The van der Waals surface area contributed by atoms with Gasteiger partial charge < -0.3 is 19.5 Å². The van der Waals surface area contributed by atoms with E-state index in [0.29, 0.717) is 24.7 Å². The molecule has 0 fully saturated rings. The monoisotopic (exact) mass is 383 g/mol. The van der Waals surface area contributed by atoms with E-state index in [-0.39, 0.29) is 5.91 Å². The molecule has 28 heavy (non-hydrogen) atoms. The number of hydrogen-bond donors (Lipinski definition) is 1. The van der Waals surface area contributed by atoms with E-state index in [2.05, 4.69) is 17.4 Å². The van der Waals surface area contributed by atoms with E-state index in [1.54, 1.807) is 14.0 Å². The molecule has 0 aliphatic heterocycles. The SMILES string of the molecule is CCOc1cc(CNC(=O)[C@H](C)Oc2ccc3c(c2)CCCC3)ccc1OC. The number of ether oxygens (including phenoxy) is 3. The first-order valence-electron chi connectivity index (χ1n) is 9.96. The first-order valence-corrected chi connectivity index (χ1v) is 9.96. The Hall–Kier alpha value is -2.69. The minimum absolute atomic E-state index is 0.147. The maximum absolute atomic E-state index is 12.5. The van der Waals surface area contributed by atoms with Crippen LogP contribution >= 0.6 is 0 Å². The lowest BCUT2D eigenvalue weighted by atomic mass is 9.92. The van der Waals surface area contributed by atoms with Gasteiger partial charge in [0.2, 0.25) is 0 Å². The van der Waals surface area contributed by atoms with Gasteiger partial charge in [-0.25, -0.2) is 0 Å². The summed E-state index contributed by atoms with van der Waals surface area (Å²) in [4.78, 5) is 12.5. The van der Waals surface area contributed by atoms with Crippen LogP contribution in [0, 0.1) is 0 Å². The van der Waals surface area contributed by atoms with Gasteiger partial charge in [-0.2, -0.15) is 0 Å². The topological polar surface area (TPSA) is 56.8 Å². The van der Waals surface area contributed by atoms with E-state index >= 15 is 0 Å². The lowest BCUT2D eigenvalue weighted by Gasteiger charge is -2.19. The van der Waals surface area contributed by atoms with E-state index in [1.165, 1.54) is 24.0 Å². The Kier molecular flexibility index (Phi) is 6.80. The molecule has 3 rings (SSSR count). The summed E-state index contributed by atoms with van der Waals surface area (Å²) in [6, 6.07) is 11.8. The van der Waals surface area contributed by atoms with Crippen molar-refractivity contribution in [2.75, 3.05) is 13.7 Å². The molecule has 0 bridgehead atoms. The largest absolute Gasteiger partial charge is 0.493 e. The van der Waals surface area contributed by atoms with Crippen molar-refractivity contribution in [3.8, 4) is 17.2 Å². The van der Waals surface area contributed by atoms with Crippen LogP contribution < -0.4 is 19.5 Å². The summed E-state index contributed by atoms with van der Waals surface area (Å²) in [5, 5.41) is 2.93. The molecule has 0 saturated carbocycles. The molecule has 0 heterocycles. The smallest absolute Gasteiger partial charge is 0.261 e. The van der Waals surface area contributed by atoms with Crippen molar-refractivity contribution >= 4 is 5.91 Å². The highest BCUT2D eigenvalue weighted by Crippen LogP contribution is 2.28. The second-order valence-electron chi connectivity index (χ2n) is 7.03. The first-order chi connectivity index (χ1) is 13.6. The number of amides is 1. The van der Waals surface area contributed by atoms with Crippen LogP contribution in [-0.4, -0.2) is 25.7 Å². The fourth-order valence-corrected chi connectivity index (χ4v) is 3.47. The molecule has 0 spiro atoms. The van der Waals surface area contributed by atoms with E-state index < -0.39 is 6.10 Å². The van der Waals surface area contributed by atoms with Crippen LogP contribution in [0.3, 0.4) is 0 Å². The number of fused-ring (bicyclic) bond motifs is 1. The van der Waals surface area contributed by atoms with Crippen LogP contribution in [0.25, 0.3) is 0 Å². The average molecular weight is 383 g/mol. The summed E-state index contributed by atoms with van der Waals surface area (Å²) in [6.45, 7) is 4.65. The van der Waals surface area contributed by atoms with Crippen molar-refractivity contribution in [1.29, 1.82) is 0 Å². The van der Waals surface area contributed by atoms with Crippen LogP contribution in [0.5, 0.6) is 17.2 Å². The zero-order valence-corrected chi connectivity index (χ0v) is 16.9. The van der Waals surface area contributed by atoms with Gasteiger partial charge in [0.05, 0.1) is 13.7 Å². The minimum Gasteiger partial charge on any atom is -0.493 e. The fourth-order valence-electron chi connectivity index (χ4n) is 3.47. The van der Waals surface area contributed by atoms with Gasteiger partial charge in [-0.05, 0) is 80.5 Å². The number of carbonyl (C=O) groups is 1. The highest BCUT2D eigenvalue weighted by Gasteiger charge is 2.16. The minimum atomic E-state index is -0.564. The number of nitrogens with one attached hydrogen (secondary N) is 1. The van der Waals surface area contributed by atoms with Gasteiger partial charge in [-0.3, -0.25) is 4.79 Å². The van der Waals surface area contributed by atoms with Crippen LogP contribution in [0.1, 0.15) is 43.4 Å². The van der Waals surface area contributed by atoms with Crippen molar-refractivity contribution in [2.45, 2.75) is 52.2 Å². The highest BCUT2D eigenvalue weighted by atomic mass is 16.5. The number of hydrogen-bond acceptors (Lipinski definition) is 4. The quantitative estimate of drug-likeness (QED) is 0.747. The van der Waals surface area contributed by atoms with Crippen LogP contribution in [-0.2, 0) is 24.2 Å².